The van der Waals surface area contributed by atoms with Crippen LogP contribution in [0.2, 0.25) is 0 Å². The van der Waals surface area contributed by atoms with E-state index >= 15 is 0 Å². The van der Waals surface area contributed by atoms with Crippen LogP contribution in [-0.4, -0.2) is 0 Å². The molecule has 0 radical (unpaired) electrons. The van der Waals surface area contributed by atoms with Gasteiger partial charge in [-0.2, -0.15) is 0 Å². The van der Waals surface area contributed by atoms with Crippen molar-refractivity contribution >= 4 is 0 Å². The van der Waals surface area contributed by atoms with E-state index in [-0.39, 0.29) is 0 Å². The average molecular weight is 331 g/mol. The summed E-state index contributed by atoms with van der Waals surface area (Å²) in [6.07, 6.45) is 18.4. The van der Waals surface area contributed by atoms with Crippen molar-refractivity contribution in [2.75, 3.05) is 0 Å². The van der Waals surface area contributed by atoms with Gasteiger partial charge in [0.25, 0.3) is 0 Å². The molecule has 1 heteroatoms. The van der Waals surface area contributed by atoms with E-state index in [0.29, 0.717) is 12.8 Å². The number of benzene rings is 1. The summed E-state index contributed by atoms with van der Waals surface area (Å²) >= 11 is 0. The minimum atomic E-state index is 0.633. The Bertz CT molecular complexity index is 451. The second kappa shape index (κ2) is 11.4. The fourth-order valence-corrected chi connectivity index (χ4v) is 4.06. The van der Waals surface area contributed by atoms with Crippen LogP contribution < -0.4 is 0 Å². The Kier molecular flexibility index (Phi) is 9.16. The molecule has 2 rings (SSSR count). The molecule has 134 valence electrons. The van der Waals surface area contributed by atoms with E-state index in [1.165, 1.54) is 81.8 Å². The molecule has 1 aliphatic rings. The van der Waals surface area contributed by atoms with Crippen molar-refractivity contribution in [2.45, 2.75) is 84.0 Å². The lowest BCUT2D eigenvalue weighted by molar-refractivity contribution is 0.249. The van der Waals surface area contributed by atoms with Crippen molar-refractivity contribution in [3.8, 4) is 0 Å². The highest BCUT2D eigenvalue weighted by Crippen LogP contribution is 2.34. The fraction of sp³-hybridized carbons (Fsp3) is 0.652. The number of unbranched alkanes of at least 4 members (excludes halogenated alkanes) is 3. The molecule has 0 aromatic heterocycles. The Balaban J connectivity index is 1.62. The molecule has 0 aliphatic heterocycles. The van der Waals surface area contributed by atoms with Gasteiger partial charge in [0, 0.05) is 0 Å². The molecule has 1 aromatic rings. The van der Waals surface area contributed by atoms with Gasteiger partial charge in [-0.3, -0.25) is 0 Å². The molecule has 24 heavy (non-hydrogen) atoms. The third-order valence-corrected chi connectivity index (χ3v) is 5.74. The van der Waals surface area contributed by atoms with Crippen molar-refractivity contribution in [1.29, 1.82) is 0 Å². The predicted molar refractivity (Wildman–Crippen MR) is 103 cm³/mol. The Hall–Kier alpha value is -1.11. The lowest BCUT2D eigenvalue weighted by Gasteiger charge is -2.28. The zero-order chi connectivity index (χ0) is 17.0. The summed E-state index contributed by atoms with van der Waals surface area (Å²) in [5.74, 6) is 1.95. The van der Waals surface area contributed by atoms with E-state index in [1.807, 2.05) is 0 Å². The first kappa shape index (κ1) is 19.2. The van der Waals surface area contributed by atoms with Crippen molar-refractivity contribution in [1.82, 2.24) is 0 Å². The summed E-state index contributed by atoms with van der Waals surface area (Å²) in [6.45, 7) is 2.29. The molecule has 1 aromatic carbocycles. The van der Waals surface area contributed by atoms with Crippen LogP contribution >= 0.6 is 0 Å². The molecule has 0 N–H and O–H groups in total. The summed E-state index contributed by atoms with van der Waals surface area (Å²) in [7, 11) is 0. The van der Waals surface area contributed by atoms with Gasteiger partial charge in [0.1, 0.15) is 0 Å². The minimum Gasteiger partial charge on any atom is -0.216 e. The molecule has 0 bridgehead atoms. The lowest BCUT2D eigenvalue weighted by Crippen LogP contribution is -2.15. The maximum Gasteiger partial charge on any atom is 0.0830 e. The standard InChI is InChI=1S/C23H35F/c1-2-3-4-5-7-20-9-13-22(14-10-20)17-18-23-15-11-21(12-16-23)8-6-19-24/h6,11-12,15-16,19-20,22H,2-5,7-10,13-14,17-18H2,1H3/b19-6+. The van der Waals surface area contributed by atoms with Crippen LogP contribution in [-0.2, 0) is 12.8 Å². The van der Waals surface area contributed by atoms with Crippen molar-refractivity contribution in [2.24, 2.45) is 11.8 Å². The van der Waals surface area contributed by atoms with Crippen LogP contribution in [0.1, 0.15) is 82.3 Å². The quantitative estimate of drug-likeness (QED) is 0.391. The molecule has 0 atom stereocenters. The third-order valence-electron chi connectivity index (χ3n) is 5.74. The van der Waals surface area contributed by atoms with Gasteiger partial charge in [0.2, 0.25) is 0 Å². The normalized spacial score (nSPS) is 21.4. The first-order valence-corrected chi connectivity index (χ1v) is 10.1. The van der Waals surface area contributed by atoms with Crippen LogP contribution in [0, 0.1) is 11.8 Å². The van der Waals surface area contributed by atoms with Crippen LogP contribution in [0.15, 0.2) is 36.7 Å². The maximum absolute atomic E-state index is 12.0. The number of halogens is 1. The van der Waals surface area contributed by atoms with Crippen LogP contribution in [0.4, 0.5) is 4.39 Å². The molecule has 0 amide bonds. The smallest absolute Gasteiger partial charge is 0.0830 e. The first-order chi connectivity index (χ1) is 11.8. The summed E-state index contributed by atoms with van der Waals surface area (Å²) in [5.41, 5.74) is 2.63. The second-order valence-electron chi connectivity index (χ2n) is 7.66. The summed E-state index contributed by atoms with van der Waals surface area (Å²) in [4.78, 5) is 0. The molecule has 0 saturated heterocycles. The fourth-order valence-electron chi connectivity index (χ4n) is 4.06. The average Bonchev–Trinajstić information content (AvgIpc) is 2.64. The van der Waals surface area contributed by atoms with E-state index in [2.05, 4.69) is 31.2 Å². The summed E-state index contributed by atoms with van der Waals surface area (Å²) in [6, 6.07) is 8.73. The van der Waals surface area contributed by atoms with Gasteiger partial charge in [0.05, 0.1) is 6.33 Å². The molecule has 0 heterocycles. The summed E-state index contributed by atoms with van der Waals surface area (Å²) in [5, 5.41) is 0. The zero-order valence-corrected chi connectivity index (χ0v) is 15.5. The van der Waals surface area contributed by atoms with Gasteiger partial charge in [-0.25, -0.2) is 4.39 Å². The monoisotopic (exact) mass is 330 g/mol. The number of hydrogen-bond acceptors (Lipinski definition) is 0. The van der Waals surface area contributed by atoms with Gasteiger partial charge >= 0.3 is 0 Å². The van der Waals surface area contributed by atoms with E-state index < -0.39 is 0 Å². The van der Waals surface area contributed by atoms with Crippen molar-refractivity contribution in [3.63, 3.8) is 0 Å². The van der Waals surface area contributed by atoms with Gasteiger partial charge in [-0.15, -0.1) is 0 Å². The second-order valence-corrected chi connectivity index (χ2v) is 7.66. The largest absolute Gasteiger partial charge is 0.216 e. The van der Waals surface area contributed by atoms with Gasteiger partial charge < -0.3 is 0 Å². The van der Waals surface area contributed by atoms with Gasteiger partial charge in [-0.1, -0.05) is 95.1 Å². The Morgan fingerprint density at radius 1 is 0.875 bits per heavy atom. The lowest BCUT2D eigenvalue weighted by atomic mass is 9.77. The highest BCUT2D eigenvalue weighted by Gasteiger charge is 2.20. The Morgan fingerprint density at radius 2 is 1.50 bits per heavy atom. The van der Waals surface area contributed by atoms with Crippen LogP contribution in [0.3, 0.4) is 0 Å². The molecule has 1 fully saturated rings. The van der Waals surface area contributed by atoms with Gasteiger partial charge in [0.15, 0.2) is 0 Å². The third kappa shape index (κ3) is 7.20. The molecule has 0 unspecified atom stereocenters. The van der Waals surface area contributed by atoms with Gasteiger partial charge in [-0.05, 0) is 42.2 Å². The number of allylic oxidation sites excluding steroid dienone is 1. The topological polar surface area (TPSA) is 0 Å². The number of aryl methyl sites for hydroxylation is 1. The molecule has 1 saturated carbocycles. The highest BCUT2D eigenvalue weighted by molar-refractivity contribution is 5.24. The molecular formula is C23H35F. The van der Waals surface area contributed by atoms with Crippen LogP contribution in [0.5, 0.6) is 0 Å². The molecule has 1 aliphatic carbocycles. The zero-order valence-electron chi connectivity index (χ0n) is 15.5. The van der Waals surface area contributed by atoms with E-state index in [9.17, 15) is 4.39 Å². The molecular weight excluding hydrogens is 295 g/mol. The number of hydrogen-bond donors (Lipinski definition) is 0. The van der Waals surface area contributed by atoms with Crippen molar-refractivity contribution < 1.29 is 4.39 Å². The number of rotatable bonds is 10. The van der Waals surface area contributed by atoms with Crippen LogP contribution in [0.25, 0.3) is 0 Å². The SMILES string of the molecule is CCCCCCC1CCC(CCc2ccc(C/C=C/F)cc2)CC1. The Labute approximate surface area is 148 Å². The Morgan fingerprint density at radius 3 is 2.12 bits per heavy atom. The first-order valence-electron chi connectivity index (χ1n) is 10.1. The molecule has 0 spiro atoms. The van der Waals surface area contributed by atoms with E-state index in [1.54, 1.807) is 6.08 Å². The van der Waals surface area contributed by atoms with E-state index in [0.717, 1.165) is 11.8 Å². The minimum absolute atomic E-state index is 0.633. The summed E-state index contributed by atoms with van der Waals surface area (Å²) < 4.78 is 12.0. The van der Waals surface area contributed by atoms with Crippen molar-refractivity contribution in [3.05, 3.63) is 47.8 Å². The van der Waals surface area contributed by atoms with E-state index in [4.69, 9.17) is 0 Å². The maximum atomic E-state index is 12.0. The molecule has 0 nitrogen and oxygen atoms in total. The highest BCUT2D eigenvalue weighted by atomic mass is 19.1. The predicted octanol–water partition coefficient (Wildman–Crippen LogP) is 7.42.